The third-order valence-electron chi connectivity index (χ3n) is 2.47. The molecule has 0 spiro atoms. The molecule has 0 aromatic heterocycles. The van der Waals surface area contributed by atoms with Crippen LogP contribution in [0, 0.1) is 5.82 Å². The Labute approximate surface area is 110 Å². The summed E-state index contributed by atoms with van der Waals surface area (Å²) in [6, 6.07) is 4.85. The largest absolute Gasteiger partial charge is 0.392 e. The molecule has 0 radical (unpaired) electrons. The van der Waals surface area contributed by atoms with Crippen LogP contribution in [0.3, 0.4) is 0 Å². The molecule has 3 nitrogen and oxygen atoms in total. The number of benzene rings is 1. The van der Waals surface area contributed by atoms with Crippen LogP contribution in [-0.2, 0) is 6.54 Å². The standard InChI is InChI=1S/C12H18BrFN2O/c1-16(8-11(17)4-5-15)7-9-6-10(13)2-3-12(9)14/h2-3,6,11,17H,4-5,7-8,15H2,1H3. The predicted octanol–water partition coefficient (Wildman–Crippen LogP) is 1.73. The Kier molecular flexibility index (Phi) is 6.05. The maximum atomic E-state index is 13.5. The quantitative estimate of drug-likeness (QED) is 0.841. The van der Waals surface area contributed by atoms with Gasteiger partial charge in [-0.2, -0.15) is 0 Å². The molecule has 0 aliphatic rings. The molecule has 0 saturated carbocycles. The molecule has 0 bridgehead atoms. The molecule has 1 unspecified atom stereocenters. The zero-order chi connectivity index (χ0) is 12.8. The van der Waals surface area contributed by atoms with Crippen molar-refractivity contribution in [2.24, 2.45) is 5.73 Å². The number of halogens is 2. The van der Waals surface area contributed by atoms with Crippen LogP contribution >= 0.6 is 15.9 Å². The lowest BCUT2D eigenvalue weighted by molar-refractivity contribution is 0.116. The third kappa shape index (κ3) is 5.12. The van der Waals surface area contributed by atoms with E-state index in [1.165, 1.54) is 6.07 Å². The highest BCUT2D eigenvalue weighted by molar-refractivity contribution is 9.10. The molecule has 3 N–H and O–H groups in total. The topological polar surface area (TPSA) is 49.5 Å². The number of rotatable bonds is 6. The van der Waals surface area contributed by atoms with Crippen molar-refractivity contribution in [2.75, 3.05) is 20.1 Å². The van der Waals surface area contributed by atoms with Gasteiger partial charge < -0.3 is 10.8 Å². The van der Waals surface area contributed by atoms with Crippen molar-refractivity contribution in [1.29, 1.82) is 0 Å². The summed E-state index contributed by atoms with van der Waals surface area (Å²) in [6.07, 6.45) is 0.103. The summed E-state index contributed by atoms with van der Waals surface area (Å²) in [6.45, 7) is 1.41. The monoisotopic (exact) mass is 304 g/mol. The maximum absolute atomic E-state index is 13.5. The fourth-order valence-corrected chi connectivity index (χ4v) is 2.07. The molecule has 0 aliphatic heterocycles. The lowest BCUT2D eigenvalue weighted by Crippen LogP contribution is -2.30. The van der Waals surface area contributed by atoms with Crippen LogP contribution in [0.15, 0.2) is 22.7 Å². The van der Waals surface area contributed by atoms with Crippen molar-refractivity contribution in [1.82, 2.24) is 4.90 Å². The molecule has 1 rings (SSSR count). The Balaban J connectivity index is 2.55. The van der Waals surface area contributed by atoms with Gasteiger partial charge in [0.2, 0.25) is 0 Å². The van der Waals surface area contributed by atoms with E-state index in [0.29, 0.717) is 31.6 Å². The van der Waals surface area contributed by atoms with Crippen LogP contribution in [-0.4, -0.2) is 36.2 Å². The fourth-order valence-electron chi connectivity index (χ4n) is 1.66. The van der Waals surface area contributed by atoms with Crippen molar-refractivity contribution < 1.29 is 9.50 Å². The smallest absolute Gasteiger partial charge is 0.127 e. The Bertz CT molecular complexity index is 362. The number of hydrogen-bond donors (Lipinski definition) is 2. The van der Waals surface area contributed by atoms with Gasteiger partial charge >= 0.3 is 0 Å². The lowest BCUT2D eigenvalue weighted by atomic mass is 10.2. The minimum atomic E-state index is -0.458. The highest BCUT2D eigenvalue weighted by Gasteiger charge is 2.10. The highest BCUT2D eigenvalue weighted by atomic mass is 79.9. The summed E-state index contributed by atoms with van der Waals surface area (Å²) in [4.78, 5) is 1.88. The minimum Gasteiger partial charge on any atom is -0.392 e. The van der Waals surface area contributed by atoms with Crippen LogP contribution in [0.2, 0.25) is 0 Å². The van der Waals surface area contributed by atoms with E-state index in [9.17, 15) is 9.50 Å². The van der Waals surface area contributed by atoms with Gasteiger partial charge in [0.25, 0.3) is 0 Å². The average molecular weight is 305 g/mol. The van der Waals surface area contributed by atoms with Gasteiger partial charge in [-0.1, -0.05) is 15.9 Å². The van der Waals surface area contributed by atoms with E-state index in [2.05, 4.69) is 15.9 Å². The van der Waals surface area contributed by atoms with E-state index < -0.39 is 6.10 Å². The first-order valence-electron chi connectivity index (χ1n) is 5.53. The van der Waals surface area contributed by atoms with Crippen molar-refractivity contribution in [3.8, 4) is 0 Å². The second-order valence-electron chi connectivity index (χ2n) is 4.16. The first-order valence-corrected chi connectivity index (χ1v) is 6.33. The van der Waals surface area contributed by atoms with E-state index in [4.69, 9.17) is 5.73 Å². The zero-order valence-electron chi connectivity index (χ0n) is 9.87. The summed E-state index contributed by atoms with van der Waals surface area (Å²) < 4.78 is 14.3. The molecule has 17 heavy (non-hydrogen) atoms. The van der Waals surface area contributed by atoms with Gasteiger partial charge in [-0.25, -0.2) is 4.39 Å². The van der Waals surface area contributed by atoms with E-state index >= 15 is 0 Å². The molecule has 0 saturated heterocycles. The lowest BCUT2D eigenvalue weighted by Gasteiger charge is -2.20. The minimum absolute atomic E-state index is 0.228. The molecule has 1 aromatic carbocycles. The van der Waals surface area contributed by atoms with Gasteiger partial charge in [0.1, 0.15) is 5.82 Å². The van der Waals surface area contributed by atoms with E-state index in [1.807, 2.05) is 11.9 Å². The molecule has 0 fully saturated rings. The summed E-state index contributed by atoms with van der Waals surface area (Å²) in [5, 5.41) is 9.60. The Morgan fingerprint density at radius 3 is 2.88 bits per heavy atom. The summed E-state index contributed by atoms with van der Waals surface area (Å²) in [5.74, 6) is -0.228. The fraction of sp³-hybridized carbons (Fsp3) is 0.500. The zero-order valence-corrected chi connectivity index (χ0v) is 11.5. The van der Waals surface area contributed by atoms with Crippen molar-refractivity contribution in [2.45, 2.75) is 19.1 Å². The first kappa shape index (κ1) is 14.6. The van der Waals surface area contributed by atoms with Crippen LogP contribution in [0.4, 0.5) is 4.39 Å². The SMILES string of the molecule is CN(Cc1cc(Br)ccc1F)CC(O)CCN. The number of hydrogen-bond acceptors (Lipinski definition) is 3. The van der Waals surface area contributed by atoms with E-state index in [0.717, 1.165) is 4.47 Å². The predicted molar refractivity (Wildman–Crippen MR) is 70.1 cm³/mol. The van der Waals surface area contributed by atoms with Gasteiger partial charge in [0.05, 0.1) is 6.10 Å². The molecule has 5 heteroatoms. The number of nitrogens with zero attached hydrogens (tertiary/aromatic N) is 1. The Hall–Kier alpha value is -0.490. The molecule has 0 aliphatic carbocycles. The van der Waals surface area contributed by atoms with Crippen LogP contribution < -0.4 is 5.73 Å². The third-order valence-corrected chi connectivity index (χ3v) is 2.96. The summed E-state index contributed by atoms with van der Waals surface area (Å²) >= 11 is 3.31. The number of aliphatic hydroxyl groups is 1. The average Bonchev–Trinajstić information content (AvgIpc) is 2.23. The molecule has 1 aromatic rings. The second kappa shape index (κ2) is 7.06. The molecular formula is C12H18BrFN2O. The maximum Gasteiger partial charge on any atom is 0.127 e. The molecule has 1 atom stereocenters. The van der Waals surface area contributed by atoms with Crippen molar-refractivity contribution >= 4 is 15.9 Å². The van der Waals surface area contributed by atoms with Crippen molar-refractivity contribution in [3.63, 3.8) is 0 Å². The number of aliphatic hydroxyl groups excluding tert-OH is 1. The number of nitrogens with two attached hydrogens (primary N) is 1. The molecule has 96 valence electrons. The van der Waals surface area contributed by atoms with Gasteiger partial charge in [-0.3, -0.25) is 4.90 Å². The van der Waals surface area contributed by atoms with E-state index in [-0.39, 0.29) is 5.82 Å². The van der Waals surface area contributed by atoms with Crippen LogP contribution in [0.25, 0.3) is 0 Å². The molecule has 0 heterocycles. The van der Waals surface area contributed by atoms with Crippen LogP contribution in [0.5, 0.6) is 0 Å². The molecular weight excluding hydrogens is 287 g/mol. The van der Waals surface area contributed by atoms with E-state index in [1.54, 1.807) is 12.1 Å². The molecule has 0 amide bonds. The van der Waals surface area contributed by atoms with Crippen molar-refractivity contribution in [3.05, 3.63) is 34.1 Å². The Morgan fingerprint density at radius 2 is 2.24 bits per heavy atom. The summed E-state index contributed by atoms with van der Waals surface area (Å²) in [7, 11) is 1.85. The summed E-state index contributed by atoms with van der Waals surface area (Å²) in [5.41, 5.74) is 5.97. The van der Waals surface area contributed by atoms with Gasteiger partial charge in [-0.15, -0.1) is 0 Å². The second-order valence-corrected chi connectivity index (χ2v) is 5.08. The number of likely N-dealkylation sites (N-methyl/N-ethyl adjacent to an activating group) is 1. The highest BCUT2D eigenvalue weighted by Crippen LogP contribution is 2.16. The normalized spacial score (nSPS) is 13.1. The van der Waals surface area contributed by atoms with Gasteiger partial charge in [0.15, 0.2) is 0 Å². The van der Waals surface area contributed by atoms with Gasteiger partial charge in [0, 0.05) is 23.1 Å². The Morgan fingerprint density at radius 1 is 1.53 bits per heavy atom. The first-order chi connectivity index (χ1) is 8.02. The van der Waals surface area contributed by atoms with Gasteiger partial charge in [-0.05, 0) is 38.2 Å². The van der Waals surface area contributed by atoms with Crippen LogP contribution in [0.1, 0.15) is 12.0 Å².